The highest BCUT2D eigenvalue weighted by molar-refractivity contribution is 7.13. The van der Waals surface area contributed by atoms with Crippen LogP contribution in [-0.4, -0.2) is 59.0 Å². The molecule has 186 valence electrons. The highest BCUT2D eigenvalue weighted by atomic mass is 32.1. The molecule has 1 fully saturated rings. The molecular formula is C24H25F3N4O3S. The summed E-state index contributed by atoms with van der Waals surface area (Å²) in [6.45, 7) is 6.23. The zero-order chi connectivity index (χ0) is 25.5. The summed E-state index contributed by atoms with van der Waals surface area (Å²) >= 11 is 1.37. The molecule has 1 saturated heterocycles. The van der Waals surface area contributed by atoms with E-state index in [1.807, 2.05) is 6.92 Å². The molecule has 0 spiro atoms. The maximum Gasteiger partial charge on any atom is 0.338 e. The summed E-state index contributed by atoms with van der Waals surface area (Å²) in [6, 6.07) is 4.54. The molecule has 0 amide bonds. The van der Waals surface area contributed by atoms with Gasteiger partial charge in [0.15, 0.2) is 10.8 Å². The predicted molar refractivity (Wildman–Crippen MR) is 126 cm³/mol. The number of thiazole rings is 1. The number of carbonyl (C=O) groups is 1. The molecular weight excluding hydrogens is 481 g/mol. The third-order valence-electron chi connectivity index (χ3n) is 6.13. The van der Waals surface area contributed by atoms with Crippen molar-refractivity contribution in [3.8, 4) is 0 Å². The Kier molecular flexibility index (Phi) is 6.50. The van der Waals surface area contributed by atoms with E-state index in [1.165, 1.54) is 47.6 Å². The number of nitrogens with zero attached hydrogens (tertiary/aromatic N) is 3. The monoisotopic (exact) mass is 506 g/mol. The first kappa shape index (κ1) is 24.9. The van der Waals surface area contributed by atoms with Gasteiger partial charge in [-0.2, -0.15) is 0 Å². The fourth-order valence-corrected chi connectivity index (χ4v) is 5.19. The number of methoxy groups -OCH3 is 1. The van der Waals surface area contributed by atoms with Crippen molar-refractivity contribution in [2.75, 3.05) is 20.2 Å². The van der Waals surface area contributed by atoms with E-state index < -0.39 is 42.3 Å². The standard InChI is InChI=1S/C24H25F3N4O3S/c1-13-10-28-21(35-13)20-29-17(11-31-12-24(26,27)9-18(31)14(2)32)19(22(33)34-4)23(3,30-20)15-5-7-16(25)8-6-15/h5-8,10,18,32H,2,9,11-12H2,1,3-4H3,(H,29,30). The van der Waals surface area contributed by atoms with E-state index in [0.29, 0.717) is 16.4 Å². The number of esters is 1. The van der Waals surface area contributed by atoms with E-state index >= 15 is 0 Å². The minimum atomic E-state index is -3.04. The van der Waals surface area contributed by atoms with Gasteiger partial charge in [-0.15, -0.1) is 11.3 Å². The van der Waals surface area contributed by atoms with Crippen LogP contribution in [0.2, 0.25) is 0 Å². The summed E-state index contributed by atoms with van der Waals surface area (Å²) in [4.78, 5) is 24.5. The number of ether oxygens (including phenoxy) is 1. The van der Waals surface area contributed by atoms with Crippen molar-refractivity contribution >= 4 is 23.1 Å². The fraction of sp³-hybridized carbons (Fsp3) is 0.375. The molecule has 2 N–H and O–H groups in total. The molecule has 1 aromatic carbocycles. The molecule has 2 aliphatic rings. The number of hydrogen-bond acceptors (Lipinski definition) is 8. The van der Waals surface area contributed by atoms with Gasteiger partial charge in [-0.25, -0.2) is 27.9 Å². The van der Waals surface area contributed by atoms with Crippen molar-refractivity contribution in [3.63, 3.8) is 0 Å². The second-order valence-corrected chi connectivity index (χ2v) is 9.99. The van der Waals surface area contributed by atoms with E-state index in [1.54, 1.807) is 13.1 Å². The summed E-state index contributed by atoms with van der Waals surface area (Å²) < 4.78 is 47.4. The van der Waals surface area contributed by atoms with Gasteiger partial charge in [-0.1, -0.05) is 18.7 Å². The van der Waals surface area contributed by atoms with E-state index in [-0.39, 0.29) is 23.6 Å². The van der Waals surface area contributed by atoms with E-state index in [9.17, 15) is 23.1 Å². The first-order chi connectivity index (χ1) is 16.4. The van der Waals surface area contributed by atoms with Crippen LogP contribution < -0.4 is 5.32 Å². The topological polar surface area (TPSA) is 87.0 Å². The molecule has 4 rings (SSSR count). The van der Waals surface area contributed by atoms with Crippen molar-refractivity contribution in [1.29, 1.82) is 0 Å². The summed E-state index contributed by atoms with van der Waals surface area (Å²) in [5.74, 6) is -4.27. The van der Waals surface area contributed by atoms with Gasteiger partial charge in [0.05, 0.1) is 25.3 Å². The number of halogens is 3. The zero-order valence-electron chi connectivity index (χ0n) is 19.4. The van der Waals surface area contributed by atoms with Crippen LogP contribution in [0.5, 0.6) is 0 Å². The number of aromatic nitrogens is 1. The molecule has 35 heavy (non-hydrogen) atoms. The van der Waals surface area contributed by atoms with Crippen LogP contribution in [0.15, 0.2) is 59.1 Å². The second-order valence-electron chi connectivity index (χ2n) is 8.76. The fourth-order valence-electron chi connectivity index (χ4n) is 4.48. The van der Waals surface area contributed by atoms with Crippen molar-refractivity contribution in [2.24, 2.45) is 4.99 Å². The lowest BCUT2D eigenvalue weighted by Gasteiger charge is -2.36. The van der Waals surface area contributed by atoms with E-state index in [0.717, 1.165) is 4.88 Å². The number of alkyl halides is 2. The SMILES string of the molecule is C=C(O)C1CC(F)(F)CN1CC1=C(C(=O)OC)C(C)(c2ccc(F)cc2)N=C(c2ncc(C)s2)N1. The van der Waals surface area contributed by atoms with Gasteiger partial charge in [-0.05, 0) is 31.5 Å². The normalized spacial score (nSPS) is 24.2. The highest BCUT2D eigenvalue weighted by Crippen LogP contribution is 2.41. The Bertz CT molecular complexity index is 1220. The predicted octanol–water partition coefficient (Wildman–Crippen LogP) is 4.06. The summed E-state index contributed by atoms with van der Waals surface area (Å²) in [5, 5.41) is 13.6. The second kappa shape index (κ2) is 9.12. The lowest BCUT2D eigenvalue weighted by Crippen LogP contribution is -2.46. The number of carbonyl (C=O) groups excluding carboxylic acids is 1. The lowest BCUT2D eigenvalue weighted by molar-refractivity contribution is -0.137. The van der Waals surface area contributed by atoms with Gasteiger partial charge in [0.2, 0.25) is 0 Å². The van der Waals surface area contributed by atoms with Gasteiger partial charge in [-0.3, -0.25) is 4.90 Å². The molecule has 2 aromatic rings. The highest BCUT2D eigenvalue weighted by Gasteiger charge is 2.48. The number of aryl methyl sites for hydroxylation is 1. The molecule has 7 nitrogen and oxygen atoms in total. The number of aliphatic hydroxyl groups excluding tert-OH is 1. The number of aliphatic imine (C=N–C) groups is 1. The minimum absolute atomic E-state index is 0.0844. The van der Waals surface area contributed by atoms with Gasteiger partial charge in [0.1, 0.15) is 17.1 Å². The number of amidine groups is 1. The van der Waals surface area contributed by atoms with Crippen molar-refractivity contribution < 1.29 is 27.8 Å². The average Bonchev–Trinajstić information content (AvgIpc) is 3.35. The number of likely N-dealkylation sites (tertiary alicyclic amines) is 1. The van der Waals surface area contributed by atoms with Crippen LogP contribution in [0.4, 0.5) is 13.2 Å². The Balaban J connectivity index is 1.87. The lowest BCUT2D eigenvalue weighted by atomic mass is 9.82. The number of benzene rings is 1. The Morgan fingerprint density at radius 2 is 2.06 bits per heavy atom. The zero-order valence-corrected chi connectivity index (χ0v) is 20.3. The van der Waals surface area contributed by atoms with Crippen molar-refractivity contribution in [3.05, 3.63) is 75.3 Å². The molecule has 2 atom stereocenters. The van der Waals surface area contributed by atoms with Crippen LogP contribution in [-0.2, 0) is 15.1 Å². The van der Waals surface area contributed by atoms with E-state index in [2.05, 4.69) is 16.9 Å². The Labute approximate surface area is 204 Å². The molecule has 11 heteroatoms. The molecule has 0 aliphatic carbocycles. The number of hydrogen-bond donors (Lipinski definition) is 2. The largest absolute Gasteiger partial charge is 0.511 e. The van der Waals surface area contributed by atoms with Crippen LogP contribution in [0.25, 0.3) is 0 Å². The van der Waals surface area contributed by atoms with Gasteiger partial charge >= 0.3 is 5.97 Å². The number of rotatable bonds is 6. The van der Waals surface area contributed by atoms with Gasteiger partial charge in [0.25, 0.3) is 5.92 Å². The molecule has 2 unspecified atom stereocenters. The third kappa shape index (κ3) is 4.83. The third-order valence-corrected chi connectivity index (χ3v) is 7.05. The Morgan fingerprint density at radius 3 is 2.63 bits per heavy atom. The summed E-state index contributed by atoms with van der Waals surface area (Å²) in [7, 11) is 1.21. The van der Waals surface area contributed by atoms with Gasteiger partial charge < -0.3 is 15.2 Å². The quantitative estimate of drug-likeness (QED) is 0.454. The summed E-state index contributed by atoms with van der Waals surface area (Å²) in [5.41, 5.74) is -0.491. The van der Waals surface area contributed by atoms with Crippen LogP contribution in [0.3, 0.4) is 0 Å². The number of nitrogens with one attached hydrogen (secondary N) is 1. The smallest absolute Gasteiger partial charge is 0.338 e. The van der Waals surface area contributed by atoms with Gasteiger partial charge in [0, 0.05) is 29.7 Å². The minimum Gasteiger partial charge on any atom is -0.511 e. The Hall–Kier alpha value is -3.18. The number of aliphatic hydroxyl groups is 1. The molecule has 1 aromatic heterocycles. The van der Waals surface area contributed by atoms with Crippen LogP contribution in [0, 0.1) is 12.7 Å². The molecule has 3 heterocycles. The van der Waals surface area contributed by atoms with Crippen LogP contribution in [0.1, 0.15) is 28.8 Å². The molecule has 0 radical (unpaired) electrons. The molecule has 0 saturated carbocycles. The maximum atomic E-state index is 14.3. The van der Waals surface area contributed by atoms with Crippen molar-refractivity contribution in [2.45, 2.75) is 37.8 Å². The first-order valence-electron chi connectivity index (χ1n) is 10.8. The maximum absolute atomic E-state index is 14.3. The van der Waals surface area contributed by atoms with E-state index in [4.69, 9.17) is 9.73 Å². The molecule has 2 aliphatic heterocycles. The average molecular weight is 507 g/mol. The first-order valence-corrected chi connectivity index (χ1v) is 11.6. The van der Waals surface area contributed by atoms with Crippen molar-refractivity contribution in [1.82, 2.24) is 15.2 Å². The Morgan fingerprint density at radius 1 is 1.37 bits per heavy atom. The summed E-state index contributed by atoms with van der Waals surface area (Å²) in [6.07, 6.45) is 1.08. The van der Waals surface area contributed by atoms with Crippen LogP contribution >= 0.6 is 11.3 Å². The molecule has 0 bridgehead atoms.